The van der Waals surface area contributed by atoms with Crippen LogP contribution >= 0.6 is 11.6 Å². The number of aliphatic carboxylic acids is 1. The van der Waals surface area contributed by atoms with Crippen molar-refractivity contribution in [1.82, 2.24) is 0 Å². The van der Waals surface area contributed by atoms with Crippen LogP contribution in [-0.4, -0.2) is 41.1 Å². The first-order valence-electron chi connectivity index (χ1n) is 10.1. The van der Waals surface area contributed by atoms with Crippen molar-refractivity contribution in [2.75, 3.05) is 6.61 Å². The number of nitrogens with two attached hydrogens (primary N) is 1. The van der Waals surface area contributed by atoms with E-state index in [0.717, 1.165) is 0 Å². The minimum atomic E-state index is -1.33. The Balaban J connectivity index is 0.000000433. The van der Waals surface area contributed by atoms with Crippen molar-refractivity contribution in [2.24, 2.45) is 11.7 Å². The summed E-state index contributed by atoms with van der Waals surface area (Å²) in [6, 6.07) is 12.5. The summed E-state index contributed by atoms with van der Waals surface area (Å²) in [6.07, 6.45) is 0. The summed E-state index contributed by atoms with van der Waals surface area (Å²) in [7, 11) is 0. The molecule has 0 aliphatic heterocycles. The molecular formula is C24H30ClNO6. The number of benzene rings is 2. The number of carboxylic acid groups (broad SMARTS) is 1. The van der Waals surface area contributed by atoms with E-state index < -0.39 is 17.6 Å². The number of hydrogen-bond donors (Lipinski definition) is 2. The molecule has 0 aliphatic carbocycles. The van der Waals surface area contributed by atoms with Crippen LogP contribution in [0.4, 0.5) is 0 Å². The fourth-order valence-corrected chi connectivity index (χ4v) is 2.42. The Bertz CT molecular complexity index is 907. The maximum Gasteiger partial charge on any atom is 0.347 e. The summed E-state index contributed by atoms with van der Waals surface area (Å²) < 4.78 is 10.1. The van der Waals surface area contributed by atoms with Crippen molar-refractivity contribution in [3.63, 3.8) is 0 Å². The molecule has 0 spiro atoms. The van der Waals surface area contributed by atoms with Crippen LogP contribution in [0.3, 0.4) is 0 Å². The molecule has 0 aromatic heterocycles. The maximum absolute atomic E-state index is 12.3. The molecule has 0 heterocycles. The van der Waals surface area contributed by atoms with Gasteiger partial charge in [-0.3, -0.25) is 9.59 Å². The Morgan fingerprint density at radius 2 is 1.47 bits per heavy atom. The van der Waals surface area contributed by atoms with Gasteiger partial charge in [-0.05, 0) is 75.2 Å². The van der Waals surface area contributed by atoms with Crippen LogP contribution in [0.25, 0.3) is 0 Å². The summed E-state index contributed by atoms with van der Waals surface area (Å²) in [4.78, 5) is 34.1. The summed E-state index contributed by atoms with van der Waals surface area (Å²) in [5.74, 6) is -0.967. The normalized spacial score (nSPS) is 11.8. The molecule has 3 N–H and O–H groups in total. The molecule has 2 aromatic carbocycles. The lowest BCUT2D eigenvalue weighted by Gasteiger charge is -2.21. The monoisotopic (exact) mass is 463 g/mol. The van der Waals surface area contributed by atoms with Crippen molar-refractivity contribution in [2.45, 2.75) is 46.3 Å². The van der Waals surface area contributed by atoms with E-state index in [1.54, 1.807) is 55.5 Å². The number of rotatable bonds is 8. The highest BCUT2D eigenvalue weighted by molar-refractivity contribution is 6.30. The van der Waals surface area contributed by atoms with Crippen molar-refractivity contribution in [3.05, 3.63) is 64.7 Å². The predicted molar refractivity (Wildman–Crippen MR) is 123 cm³/mol. The van der Waals surface area contributed by atoms with Gasteiger partial charge in [0.1, 0.15) is 11.8 Å². The number of ketones is 1. The lowest BCUT2D eigenvalue weighted by molar-refractivity contribution is -0.152. The Labute approximate surface area is 193 Å². The van der Waals surface area contributed by atoms with Gasteiger partial charge in [-0.25, -0.2) is 4.79 Å². The van der Waals surface area contributed by atoms with Gasteiger partial charge in [-0.15, -0.1) is 0 Å². The molecule has 0 aliphatic rings. The number of esters is 1. The topological polar surface area (TPSA) is 116 Å². The number of ether oxygens (including phenoxy) is 2. The Morgan fingerprint density at radius 1 is 1.00 bits per heavy atom. The van der Waals surface area contributed by atoms with Gasteiger partial charge >= 0.3 is 11.9 Å². The van der Waals surface area contributed by atoms with E-state index in [2.05, 4.69) is 0 Å². The zero-order valence-corrected chi connectivity index (χ0v) is 19.7. The number of hydrogen-bond acceptors (Lipinski definition) is 6. The molecular weight excluding hydrogens is 434 g/mol. The van der Waals surface area contributed by atoms with Gasteiger partial charge in [0.15, 0.2) is 11.4 Å². The second-order valence-electron chi connectivity index (χ2n) is 7.80. The minimum Gasteiger partial charge on any atom is -0.478 e. The summed E-state index contributed by atoms with van der Waals surface area (Å²) in [5, 5.41) is 9.59. The van der Waals surface area contributed by atoms with E-state index in [9.17, 15) is 14.4 Å². The molecule has 0 unspecified atom stereocenters. The lowest BCUT2D eigenvalue weighted by Crippen LogP contribution is -2.37. The summed E-state index contributed by atoms with van der Waals surface area (Å²) >= 11 is 5.79. The molecule has 0 fully saturated rings. The van der Waals surface area contributed by atoms with Crippen LogP contribution in [0, 0.1) is 5.92 Å². The van der Waals surface area contributed by atoms with Gasteiger partial charge in [0.05, 0.1) is 6.61 Å². The van der Waals surface area contributed by atoms with E-state index in [-0.39, 0.29) is 17.7 Å². The van der Waals surface area contributed by atoms with E-state index in [4.69, 9.17) is 31.9 Å². The second-order valence-corrected chi connectivity index (χ2v) is 8.24. The van der Waals surface area contributed by atoms with Crippen LogP contribution in [0.15, 0.2) is 48.5 Å². The highest BCUT2D eigenvalue weighted by Gasteiger charge is 2.29. The van der Waals surface area contributed by atoms with E-state index in [1.807, 2.05) is 13.8 Å². The Hall–Kier alpha value is -2.90. The first-order valence-corrected chi connectivity index (χ1v) is 10.5. The van der Waals surface area contributed by atoms with E-state index in [1.165, 1.54) is 13.8 Å². The quantitative estimate of drug-likeness (QED) is 0.441. The summed E-state index contributed by atoms with van der Waals surface area (Å²) in [6.45, 7) is 8.87. The van der Waals surface area contributed by atoms with Crippen molar-refractivity contribution >= 4 is 29.3 Å². The second kappa shape index (κ2) is 12.2. The number of halogens is 1. The molecule has 8 heteroatoms. The third-order valence-electron chi connectivity index (χ3n) is 4.39. The molecule has 0 amide bonds. The van der Waals surface area contributed by atoms with Crippen LogP contribution in [-0.2, 0) is 14.3 Å². The molecule has 32 heavy (non-hydrogen) atoms. The highest BCUT2D eigenvalue weighted by Crippen LogP contribution is 2.21. The van der Waals surface area contributed by atoms with Gasteiger partial charge in [-0.2, -0.15) is 0 Å². The fourth-order valence-electron chi connectivity index (χ4n) is 2.29. The molecule has 2 rings (SSSR count). The van der Waals surface area contributed by atoms with Crippen LogP contribution < -0.4 is 10.5 Å². The van der Waals surface area contributed by atoms with E-state index >= 15 is 0 Å². The number of carbonyl (C=O) groups is 3. The van der Waals surface area contributed by atoms with Gasteiger partial charge in [0.2, 0.25) is 0 Å². The van der Waals surface area contributed by atoms with Crippen molar-refractivity contribution < 1.29 is 29.0 Å². The molecule has 0 radical (unpaired) electrons. The SMILES string of the molecule is CC(C)(Oc1ccc(C(=O)c2ccc(Cl)cc2)cc1)C(=O)O.CCOC(=O)[C@H](N)C(C)C. The van der Waals surface area contributed by atoms with Crippen LogP contribution in [0.1, 0.15) is 50.5 Å². The van der Waals surface area contributed by atoms with Crippen molar-refractivity contribution in [3.8, 4) is 5.75 Å². The molecule has 7 nitrogen and oxygen atoms in total. The number of carbonyl (C=O) groups excluding carboxylic acids is 2. The maximum atomic E-state index is 12.3. The van der Waals surface area contributed by atoms with Gasteiger partial charge in [-0.1, -0.05) is 25.4 Å². The average Bonchev–Trinajstić information content (AvgIpc) is 2.74. The van der Waals surface area contributed by atoms with Gasteiger partial charge < -0.3 is 20.3 Å². The molecule has 174 valence electrons. The zero-order chi connectivity index (χ0) is 24.5. The zero-order valence-electron chi connectivity index (χ0n) is 18.9. The molecule has 1 atom stereocenters. The van der Waals surface area contributed by atoms with Gasteiger partial charge in [0, 0.05) is 16.1 Å². The Morgan fingerprint density at radius 3 is 1.88 bits per heavy atom. The number of carboxylic acids is 1. The molecule has 0 saturated carbocycles. The van der Waals surface area contributed by atoms with E-state index in [0.29, 0.717) is 28.5 Å². The first kappa shape index (κ1) is 27.1. The third-order valence-corrected chi connectivity index (χ3v) is 4.64. The lowest BCUT2D eigenvalue weighted by atomic mass is 10.0. The van der Waals surface area contributed by atoms with Crippen molar-refractivity contribution in [1.29, 1.82) is 0 Å². The molecule has 2 aromatic rings. The Kier molecular flexibility index (Phi) is 10.4. The van der Waals surface area contributed by atoms with Crippen LogP contribution in [0.2, 0.25) is 5.02 Å². The third kappa shape index (κ3) is 8.32. The average molecular weight is 464 g/mol. The first-order chi connectivity index (χ1) is 14.9. The highest BCUT2D eigenvalue weighted by atomic mass is 35.5. The smallest absolute Gasteiger partial charge is 0.347 e. The molecule has 0 saturated heterocycles. The van der Waals surface area contributed by atoms with Crippen LogP contribution in [0.5, 0.6) is 5.75 Å². The standard InChI is InChI=1S/C17H15ClO4.C7H15NO2/c1-17(2,16(20)21)22-14-9-5-12(6-10-14)15(19)11-3-7-13(18)8-4-11;1-4-10-7(9)6(8)5(2)3/h3-10H,1-2H3,(H,20,21);5-6H,4,8H2,1-3H3/t;6-/m.1/s1. The largest absolute Gasteiger partial charge is 0.478 e. The fraction of sp³-hybridized carbons (Fsp3) is 0.375. The predicted octanol–water partition coefficient (Wildman–Crippen LogP) is 4.35. The molecule has 0 bridgehead atoms. The summed E-state index contributed by atoms with van der Waals surface area (Å²) in [5.41, 5.74) is 5.16. The van der Waals surface area contributed by atoms with Gasteiger partial charge in [0.25, 0.3) is 0 Å². The minimum absolute atomic E-state index is 0.138.